The average molecular weight is 447 g/mol. The third-order valence-corrected chi connectivity index (χ3v) is 7.32. The minimum absolute atomic E-state index is 0.672. The van der Waals surface area contributed by atoms with Crippen LogP contribution in [0, 0.1) is 0 Å². The molecule has 6 nitrogen and oxygen atoms in total. The first-order chi connectivity index (χ1) is 16.3. The van der Waals surface area contributed by atoms with Gasteiger partial charge in [-0.05, 0) is 36.4 Å². The fraction of sp³-hybridized carbons (Fsp3) is 0.0385. The summed E-state index contributed by atoms with van der Waals surface area (Å²) in [6, 6.07) is 25.6. The minimum atomic E-state index is 0.672. The first-order valence-corrected chi connectivity index (χ1v) is 11.5. The summed E-state index contributed by atoms with van der Waals surface area (Å²) in [5, 5.41) is 4.61. The van der Waals surface area contributed by atoms with Crippen molar-refractivity contribution in [2.75, 3.05) is 17.5 Å². The topological polar surface area (TPSA) is 58.9 Å². The van der Waals surface area contributed by atoms with E-state index in [4.69, 9.17) is 0 Å². The second-order valence-corrected chi connectivity index (χ2v) is 9.08. The number of nitrogens with zero attached hydrogens (tertiary/aromatic N) is 5. The molecule has 0 aliphatic carbocycles. The van der Waals surface area contributed by atoms with Crippen LogP contribution in [-0.4, -0.2) is 26.6 Å². The molecule has 0 saturated heterocycles. The number of fused-ring (bicyclic) bond motifs is 7. The quantitative estimate of drug-likeness (QED) is 0.346. The predicted molar refractivity (Wildman–Crippen MR) is 135 cm³/mol. The highest BCUT2D eigenvalue weighted by Gasteiger charge is 2.30. The number of aromatic nitrogens is 4. The van der Waals surface area contributed by atoms with Crippen molar-refractivity contribution >= 4 is 43.7 Å². The average Bonchev–Trinajstić information content (AvgIpc) is 3.41. The predicted octanol–water partition coefficient (Wildman–Crippen LogP) is 6.14. The van der Waals surface area contributed by atoms with Gasteiger partial charge in [0.1, 0.15) is 12.7 Å². The maximum atomic E-state index is 4.28. The Morgan fingerprint density at radius 3 is 2.36 bits per heavy atom. The first-order valence-electron chi connectivity index (χ1n) is 10.7. The smallest absolute Gasteiger partial charge is 0.162 e. The Morgan fingerprint density at radius 1 is 0.818 bits per heavy atom. The van der Waals surface area contributed by atoms with Gasteiger partial charge in [0.2, 0.25) is 0 Å². The Morgan fingerprint density at radius 2 is 1.55 bits per heavy atom. The number of hydrogen-bond donors (Lipinski definition) is 1. The van der Waals surface area contributed by atoms with Crippen molar-refractivity contribution in [3.8, 4) is 27.6 Å². The zero-order chi connectivity index (χ0) is 21.9. The summed E-state index contributed by atoms with van der Waals surface area (Å²) >= 11 is 1.84. The normalized spacial score (nSPS) is 12.6. The first kappa shape index (κ1) is 18.4. The molecule has 0 atom stereocenters. The summed E-state index contributed by atoms with van der Waals surface area (Å²) in [6.45, 7) is 0. The molecule has 6 aromatic rings. The van der Waals surface area contributed by atoms with Crippen LogP contribution in [0.1, 0.15) is 0 Å². The van der Waals surface area contributed by atoms with Crippen LogP contribution in [0.5, 0.6) is 0 Å². The van der Waals surface area contributed by atoms with Crippen molar-refractivity contribution in [1.82, 2.24) is 19.5 Å². The van der Waals surface area contributed by atoms with Gasteiger partial charge in [-0.3, -0.25) is 10.4 Å². The highest BCUT2D eigenvalue weighted by Crippen LogP contribution is 2.53. The van der Waals surface area contributed by atoms with Crippen molar-refractivity contribution in [1.29, 1.82) is 0 Å². The van der Waals surface area contributed by atoms with Gasteiger partial charge in [-0.15, -0.1) is 11.3 Å². The van der Waals surface area contributed by atoms with E-state index in [0.717, 1.165) is 16.9 Å². The lowest BCUT2D eigenvalue weighted by Crippen LogP contribution is -2.27. The summed E-state index contributed by atoms with van der Waals surface area (Å²) in [5.41, 5.74) is 10.4. The third kappa shape index (κ3) is 2.63. The summed E-state index contributed by atoms with van der Waals surface area (Å²) in [6.07, 6.45) is 3.05. The summed E-state index contributed by atoms with van der Waals surface area (Å²) < 4.78 is 3.64. The second-order valence-electron chi connectivity index (χ2n) is 8.03. The molecular formula is C26H18N6S. The summed E-state index contributed by atoms with van der Waals surface area (Å²) in [5.74, 6) is 0.672. The van der Waals surface area contributed by atoms with Crippen LogP contribution in [0.4, 0.5) is 11.4 Å². The van der Waals surface area contributed by atoms with Gasteiger partial charge < -0.3 is 4.57 Å². The molecule has 33 heavy (non-hydrogen) atoms. The highest BCUT2D eigenvalue weighted by atomic mass is 32.1. The zero-order valence-corrected chi connectivity index (χ0v) is 18.5. The van der Waals surface area contributed by atoms with Crippen molar-refractivity contribution < 1.29 is 0 Å². The summed E-state index contributed by atoms with van der Waals surface area (Å²) in [7, 11) is 2.09. The Balaban J connectivity index is 1.51. The third-order valence-electron chi connectivity index (χ3n) is 6.15. The molecule has 0 saturated carbocycles. The van der Waals surface area contributed by atoms with Gasteiger partial charge in [0, 0.05) is 33.8 Å². The van der Waals surface area contributed by atoms with Crippen LogP contribution in [0.3, 0.4) is 0 Å². The molecule has 0 bridgehead atoms. The fourth-order valence-corrected chi connectivity index (χ4v) is 6.01. The molecule has 0 spiro atoms. The zero-order valence-electron chi connectivity index (χ0n) is 17.7. The van der Waals surface area contributed by atoms with E-state index >= 15 is 0 Å². The Kier molecular flexibility index (Phi) is 3.83. The van der Waals surface area contributed by atoms with Crippen LogP contribution in [0.2, 0.25) is 0 Å². The van der Waals surface area contributed by atoms with Gasteiger partial charge in [-0.25, -0.2) is 15.0 Å². The van der Waals surface area contributed by atoms with E-state index < -0.39 is 0 Å². The van der Waals surface area contributed by atoms with E-state index in [2.05, 4.69) is 110 Å². The number of hydrogen-bond acceptors (Lipinski definition) is 6. The van der Waals surface area contributed by atoms with Crippen LogP contribution in [0.25, 0.3) is 48.6 Å². The molecule has 1 aliphatic heterocycles. The standard InChI is InChI=1S/C26H18N6S/c1-31-23-19-7-3-5-9-21(19)33-25(23)24-22(30-31)18-6-2-4-8-20(18)32(24)17-12-10-16(11-13-17)26-28-14-27-15-29-26/h2-15,30H,1H3. The molecule has 0 unspecified atom stereocenters. The molecule has 0 radical (unpaired) electrons. The van der Waals surface area contributed by atoms with E-state index in [-0.39, 0.29) is 0 Å². The Bertz CT molecular complexity index is 1650. The molecule has 4 heterocycles. The van der Waals surface area contributed by atoms with Gasteiger partial charge in [-0.2, -0.15) is 0 Å². The van der Waals surface area contributed by atoms with Crippen molar-refractivity contribution in [3.63, 3.8) is 0 Å². The minimum Gasteiger partial charge on any atom is -0.306 e. The lowest BCUT2D eigenvalue weighted by Gasteiger charge is -2.28. The fourth-order valence-electron chi connectivity index (χ4n) is 4.73. The van der Waals surface area contributed by atoms with Crippen LogP contribution in [-0.2, 0) is 0 Å². The van der Waals surface area contributed by atoms with E-state index in [0.29, 0.717) is 5.82 Å². The number of thiophene rings is 1. The van der Waals surface area contributed by atoms with E-state index in [9.17, 15) is 0 Å². The van der Waals surface area contributed by atoms with Gasteiger partial charge in [0.05, 0.1) is 27.5 Å². The van der Waals surface area contributed by atoms with Gasteiger partial charge in [0.15, 0.2) is 5.82 Å². The molecule has 3 aromatic carbocycles. The van der Waals surface area contributed by atoms with Crippen molar-refractivity contribution in [3.05, 3.63) is 85.5 Å². The number of benzene rings is 3. The lowest BCUT2D eigenvalue weighted by molar-refractivity contribution is 1.05. The van der Waals surface area contributed by atoms with Crippen LogP contribution < -0.4 is 10.4 Å². The van der Waals surface area contributed by atoms with Gasteiger partial charge >= 0.3 is 0 Å². The van der Waals surface area contributed by atoms with E-state index in [1.165, 1.54) is 49.9 Å². The molecular weight excluding hydrogens is 428 g/mol. The molecule has 0 fully saturated rings. The van der Waals surface area contributed by atoms with Gasteiger partial charge in [-0.1, -0.05) is 36.4 Å². The Labute approximate surface area is 193 Å². The van der Waals surface area contributed by atoms with Crippen molar-refractivity contribution in [2.24, 2.45) is 0 Å². The number of hydrazine groups is 1. The molecule has 1 N–H and O–H groups in total. The van der Waals surface area contributed by atoms with E-state index in [1.807, 2.05) is 11.3 Å². The van der Waals surface area contributed by atoms with Gasteiger partial charge in [0.25, 0.3) is 0 Å². The molecule has 158 valence electrons. The second kappa shape index (κ2) is 6.88. The number of para-hydroxylation sites is 1. The maximum Gasteiger partial charge on any atom is 0.162 e. The number of nitrogens with one attached hydrogen (secondary N) is 1. The lowest BCUT2D eigenvalue weighted by atomic mass is 10.1. The maximum absolute atomic E-state index is 4.28. The molecule has 1 aliphatic rings. The molecule has 7 rings (SSSR count). The molecule has 3 aromatic heterocycles. The summed E-state index contributed by atoms with van der Waals surface area (Å²) in [4.78, 5) is 13.8. The highest BCUT2D eigenvalue weighted by molar-refractivity contribution is 7.23. The molecule has 0 amide bonds. The number of anilines is 2. The van der Waals surface area contributed by atoms with Crippen LogP contribution >= 0.6 is 11.3 Å². The van der Waals surface area contributed by atoms with Crippen molar-refractivity contribution in [2.45, 2.75) is 0 Å². The number of rotatable bonds is 2. The largest absolute Gasteiger partial charge is 0.306 e. The Hall–Kier alpha value is -4.23. The van der Waals surface area contributed by atoms with E-state index in [1.54, 1.807) is 0 Å². The SMILES string of the molecule is CN1Nc2c(n(-c3ccc(-c4ncncn4)cc3)c3ccccc23)-c2sc3ccccc3c21. The molecule has 7 heteroatoms. The monoisotopic (exact) mass is 446 g/mol. The van der Waals surface area contributed by atoms with Crippen LogP contribution in [0.15, 0.2) is 85.5 Å².